The van der Waals surface area contributed by atoms with Crippen LogP contribution in [0.15, 0.2) is 108 Å². The molecule has 1 atom stereocenters. The number of halogens is 2. The Kier molecular flexibility index (Phi) is 12.1. The second-order valence-electron chi connectivity index (χ2n) is 11.1. The van der Waals surface area contributed by atoms with Gasteiger partial charge in [0.1, 0.15) is 18.3 Å². The molecule has 0 bridgehead atoms. The molecule has 2 amide bonds. The summed E-state index contributed by atoms with van der Waals surface area (Å²) in [5.41, 5.74) is 1.68. The summed E-state index contributed by atoms with van der Waals surface area (Å²) in [5.74, 6) is -0.291. The SMILES string of the molecule is COc1ccc(S(=O)(=O)N(CC(=O)N(Cc2ccccc2Cl)[C@H](Cc2ccccc2)C(=O)NCC(C)C)c2ccc(Cl)cc2)cc1. The number of carbonyl (C=O) groups excluding carboxylic acids is 2. The van der Waals surface area contributed by atoms with Crippen molar-refractivity contribution in [2.24, 2.45) is 5.92 Å². The van der Waals surface area contributed by atoms with E-state index in [4.69, 9.17) is 27.9 Å². The van der Waals surface area contributed by atoms with E-state index in [9.17, 15) is 18.0 Å². The smallest absolute Gasteiger partial charge is 0.264 e. The maximum absolute atomic E-state index is 14.5. The van der Waals surface area contributed by atoms with E-state index in [1.54, 1.807) is 36.4 Å². The second kappa shape index (κ2) is 16.0. The van der Waals surface area contributed by atoms with Gasteiger partial charge >= 0.3 is 0 Å². The van der Waals surface area contributed by atoms with E-state index in [0.29, 0.717) is 27.9 Å². The molecule has 4 aromatic rings. The van der Waals surface area contributed by atoms with E-state index in [1.165, 1.54) is 48.4 Å². The zero-order valence-corrected chi connectivity index (χ0v) is 28.2. The van der Waals surface area contributed by atoms with Crippen LogP contribution in [0.5, 0.6) is 5.75 Å². The Bertz CT molecular complexity index is 1720. The highest BCUT2D eigenvalue weighted by Gasteiger charge is 2.35. The summed E-state index contributed by atoms with van der Waals surface area (Å²) in [6, 6.07) is 27.5. The van der Waals surface area contributed by atoms with Crippen molar-refractivity contribution in [3.63, 3.8) is 0 Å². The number of sulfonamides is 1. The van der Waals surface area contributed by atoms with Gasteiger partial charge in [0.05, 0.1) is 17.7 Å². The number of amides is 2. The van der Waals surface area contributed by atoms with E-state index in [-0.39, 0.29) is 35.4 Å². The van der Waals surface area contributed by atoms with Crippen molar-refractivity contribution in [2.45, 2.75) is 37.8 Å². The van der Waals surface area contributed by atoms with Gasteiger partial charge in [-0.3, -0.25) is 13.9 Å². The Labute approximate surface area is 280 Å². The molecule has 0 aliphatic heterocycles. The monoisotopic (exact) mass is 681 g/mol. The van der Waals surface area contributed by atoms with Crippen molar-refractivity contribution in [1.82, 2.24) is 10.2 Å². The molecule has 4 aromatic carbocycles. The first-order valence-electron chi connectivity index (χ1n) is 14.8. The first kappa shape index (κ1) is 34.8. The van der Waals surface area contributed by atoms with Gasteiger partial charge in [-0.2, -0.15) is 0 Å². The van der Waals surface area contributed by atoms with Crippen LogP contribution in [0.4, 0.5) is 5.69 Å². The molecule has 0 fully saturated rings. The average molecular weight is 683 g/mol. The van der Waals surface area contributed by atoms with Gasteiger partial charge in [-0.1, -0.05) is 85.6 Å². The lowest BCUT2D eigenvalue weighted by atomic mass is 10.0. The van der Waals surface area contributed by atoms with E-state index >= 15 is 0 Å². The number of nitrogens with one attached hydrogen (secondary N) is 1. The Balaban J connectivity index is 1.80. The van der Waals surface area contributed by atoms with Crippen LogP contribution in [0.3, 0.4) is 0 Å². The minimum atomic E-state index is -4.27. The van der Waals surface area contributed by atoms with Crippen LogP contribution in [-0.2, 0) is 32.6 Å². The van der Waals surface area contributed by atoms with Crippen molar-refractivity contribution < 1.29 is 22.7 Å². The molecule has 8 nitrogen and oxygen atoms in total. The lowest BCUT2D eigenvalue weighted by Crippen LogP contribution is -2.53. The van der Waals surface area contributed by atoms with E-state index in [0.717, 1.165) is 9.87 Å². The zero-order chi connectivity index (χ0) is 33.3. The molecule has 0 aliphatic carbocycles. The van der Waals surface area contributed by atoms with E-state index in [1.807, 2.05) is 44.2 Å². The highest BCUT2D eigenvalue weighted by atomic mass is 35.5. The number of hydrogen-bond acceptors (Lipinski definition) is 5. The lowest BCUT2D eigenvalue weighted by molar-refractivity contribution is -0.140. The number of ether oxygens (including phenoxy) is 1. The van der Waals surface area contributed by atoms with Crippen molar-refractivity contribution in [3.05, 3.63) is 124 Å². The number of nitrogens with zero attached hydrogens (tertiary/aromatic N) is 2. The molecule has 11 heteroatoms. The minimum Gasteiger partial charge on any atom is -0.497 e. The fourth-order valence-electron chi connectivity index (χ4n) is 4.80. The maximum atomic E-state index is 14.5. The fraction of sp³-hybridized carbons (Fsp3) is 0.257. The number of methoxy groups -OCH3 is 1. The number of carbonyl (C=O) groups is 2. The normalized spacial score (nSPS) is 12.0. The highest BCUT2D eigenvalue weighted by Crippen LogP contribution is 2.28. The summed E-state index contributed by atoms with van der Waals surface area (Å²) in [6.07, 6.45) is 0.202. The molecule has 0 unspecified atom stereocenters. The summed E-state index contributed by atoms with van der Waals surface area (Å²) >= 11 is 12.7. The Morgan fingerprint density at radius 3 is 2.09 bits per heavy atom. The first-order chi connectivity index (χ1) is 22.0. The average Bonchev–Trinajstić information content (AvgIpc) is 3.05. The Hall–Kier alpha value is -4.05. The van der Waals surface area contributed by atoms with Crippen LogP contribution in [0.25, 0.3) is 0 Å². The van der Waals surface area contributed by atoms with Crippen LogP contribution in [0.1, 0.15) is 25.0 Å². The van der Waals surface area contributed by atoms with Crippen LogP contribution < -0.4 is 14.4 Å². The zero-order valence-electron chi connectivity index (χ0n) is 25.9. The van der Waals surface area contributed by atoms with Crippen molar-refractivity contribution in [1.29, 1.82) is 0 Å². The number of benzene rings is 4. The lowest BCUT2D eigenvalue weighted by Gasteiger charge is -2.34. The summed E-state index contributed by atoms with van der Waals surface area (Å²) < 4.78 is 34.5. The van der Waals surface area contributed by atoms with Crippen molar-refractivity contribution in [3.8, 4) is 5.75 Å². The molecular weight excluding hydrogens is 645 g/mol. The third-order valence-corrected chi connectivity index (χ3v) is 9.70. The topological polar surface area (TPSA) is 96.0 Å². The molecule has 0 spiro atoms. The quantitative estimate of drug-likeness (QED) is 0.162. The summed E-state index contributed by atoms with van der Waals surface area (Å²) in [5, 5.41) is 3.80. The minimum absolute atomic E-state index is 0.0256. The first-order valence-corrected chi connectivity index (χ1v) is 17.0. The fourth-order valence-corrected chi connectivity index (χ4v) is 6.53. The molecule has 242 valence electrons. The van der Waals surface area contributed by atoms with Crippen LogP contribution in [-0.4, -0.2) is 51.4 Å². The molecule has 1 N–H and O–H groups in total. The van der Waals surface area contributed by atoms with Gasteiger partial charge in [-0.15, -0.1) is 0 Å². The van der Waals surface area contributed by atoms with Crippen LogP contribution >= 0.6 is 23.2 Å². The van der Waals surface area contributed by atoms with Gasteiger partial charge in [-0.05, 0) is 71.6 Å². The van der Waals surface area contributed by atoms with Crippen LogP contribution in [0, 0.1) is 5.92 Å². The van der Waals surface area contributed by atoms with Crippen molar-refractivity contribution >= 4 is 50.7 Å². The third kappa shape index (κ3) is 9.02. The van der Waals surface area contributed by atoms with E-state index < -0.39 is 28.5 Å². The molecule has 0 saturated carbocycles. The summed E-state index contributed by atoms with van der Waals surface area (Å²) in [6.45, 7) is 3.74. The van der Waals surface area contributed by atoms with E-state index in [2.05, 4.69) is 5.32 Å². The molecule has 0 aromatic heterocycles. The molecule has 0 aliphatic rings. The number of hydrogen-bond donors (Lipinski definition) is 1. The Morgan fingerprint density at radius 1 is 0.848 bits per heavy atom. The molecule has 0 heterocycles. The van der Waals surface area contributed by atoms with Gasteiger partial charge in [0.25, 0.3) is 10.0 Å². The molecule has 46 heavy (non-hydrogen) atoms. The van der Waals surface area contributed by atoms with Gasteiger partial charge in [0, 0.05) is 29.6 Å². The Morgan fingerprint density at radius 2 is 1.48 bits per heavy atom. The standard InChI is InChI=1S/C35H37Cl2N3O5S/c1-25(2)22-38-35(42)33(21-26-9-5-4-6-10-26)39(23-27-11-7-8-12-32(27)37)34(41)24-40(29-15-13-28(36)14-16-29)46(43,44)31-19-17-30(45-3)18-20-31/h4-20,25,33H,21-24H2,1-3H3,(H,38,42)/t33-/m1/s1. The number of anilines is 1. The molecule has 0 radical (unpaired) electrons. The molecule has 0 saturated heterocycles. The third-order valence-electron chi connectivity index (χ3n) is 7.30. The second-order valence-corrected chi connectivity index (χ2v) is 13.8. The summed E-state index contributed by atoms with van der Waals surface area (Å²) in [4.78, 5) is 29.7. The highest BCUT2D eigenvalue weighted by molar-refractivity contribution is 7.92. The predicted octanol–water partition coefficient (Wildman–Crippen LogP) is 6.61. The number of rotatable bonds is 14. The van der Waals surface area contributed by atoms with Gasteiger partial charge in [0.15, 0.2) is 0 Å². The molecular formula is C35H37Cl2N3O5S. The van der Waals surface area contributed by atoms with Gasteiger partial charge in [-0.25, -0.2) is 8.42 Å². The van der Waals surface area contributed by atoms with Crippen LogP contribution in [0.2, 0.25) is 10.0 Å². The van der Waals surface area contributed by atoms with Gasteiger partial charge in [0.2, 0.25) is 11.8 Å². The van der Waals surface area contributed by atoms with Crippen molar-refractivity contribution in [2.75, 3.05) is 24.5 Å². The van der Waals surface area contributed by atoms with Gasteiger partial charge < -0.3 is 15.0 Å². The molecule has 4 rings (SSSR count). The predicted molar refractivity (Wildman–Crippen MR) is 183 cm³/mol. The maximum Gasteiger partial charge on any atom is 0.264 e. The largest absolute Gasteiger partial charge is 0.497 e. The summed E-state index contributed by atoms with van der Waals surface area (Å²) in [7, 11) is -2.78.